The van der Waals surface area contributed by atoms with Crippen LogP contribution in [0.25, 0.3) is 0 Å². The second kappa shape index (κ2) is 9.34. The van der Waals surface area contributed by atoms with E-state index in [-0.39, 0.29) is 43.3 Å². The minimum Gasteiger partial charge on any atom is -0.464 e. The molecule has 1 heterocycles. The van der Waals surface area contributed by atoms with Gasteiger partial charge in [-0.3, -0.25) is 9.59 Å². The van der Waals surface area contributed by atoms with Gasteiger partial charge in [0.25, 0.3) is 5.91 Å². The van der Waals surface area contributed by atoms with E-state index in [4.69, 9.17) is 4.42 Å². The molecule has 0 bridgehead atoms. The zero-order valence-electron chi connectivity index (χ0n) is 17.8. The fourth-order valence-electron chi connectivity index (χ4n) is 3.56. The highest BCUT2D eigenvalue weighted by molar-refractivity contribution is 5.97. The van der Waals surface area contributed by atoms with E-state index in [2.05, 4.69) is 0 Å². The summed E-state index contributed by atoms with van der Waals surface area (Å²) in [5.74, 6) is 0.0520. The lowest BCUT2D eigenvalue weighted by Crippen LogP contribution is -2.43. The van der Waals surface area contributed by atoms with Gasteiger partial charge in [-0.05, 0) is 73.9 Å². The van der Waals surface area contributed by atoms with Crippen molar-refractivity contribution in [3.63, 3.8) is 0 Å². The number of halogens is 2. The van der Waals surface area contributed by atoms with Gasteiger partial charge in [-0.1, -0.05) is 12.1 Å². The topological polar surface area (TPSA) is 53.8 Å². The molecule has 1 fully saturated rings. The Morgan fingerprint density at radius 3 is 2.09 bits per heavy atom. The van der Waals surface area contributed by atoms with Gasteiger partial charge in [0, 0.05) is 18.2 Å². The molecule has 2 aromatic carbocycles. The molecule has 7 heteroatoms. The molecule has 0 atom stereocenters. The smallest absolute Gasteiger partial charge is 0.254 e. The first-order valence-corrected chi connectivity index (χ1v) is 10.5. The molecule has 166 valence electrons. The van der Waals surface area contributed by atoms with Crippen LogP contribution in [-0.2, 0) is 17.9 Å². The molecule has 1 aliphatic carbocycles. The Kier molecular flexibility index (Phi) is 6.35. The third-order valence-electron chi connectivity index (χ3n) is 5.43. The number of carbonyl (C=O) groups is 2. The van der Waals surface area contributed by atoms with E-state index in [0.717, 1.165) is 24.2 Å². The summed E-state index contributed by atoms with van der Waals surface area (Å²) in [5.41, 5.74) is 1.11. The van der Waals surface area contributed by atoms with Gasteiger partial charge in [-0.15, -0.1) is 0 Å². The number of aryl methyl sites for hydroxylation is 1. The lowest BCUT2D eigenvalue weighted by molar-refractivity contribution is -0.133. The van der Waals surface area contributed by atoms with E-state index in [9.17, 15) is 18.4 Å². The molecule has 5 nitrogen and oxygen atoms in total. The number of benzene rings is 2. The maximum Gasteiger partial charge on any atom is 0.254 e. The van der Waals surface area contributed by atoms with E-state index < -0.39 is 5.82 Å². The van der Waals surface area contributed by atoms with Crippen LogP contribution in [0.4, 0.5) is 8.78 Å². The number of hydrogen-bond donors (Lipinski definition) is 0. The van der Waals surface area contributed by atoms with Gasteiger partial charge >= 0.3 is 0 Å². The summed E-state index contributed by atoms with van der Waals surface area (Å²) in [6.07, 6.45) is 1.66. The first-order chi connectivity index (χ1) is 15.4. The van der Waals surface area contributed by atoms with Crippen molar-refractivity contribution in [1.29, 1.82) is 0 Å². The minimum absolute atomic E-state index is 0.00460. The third kappa shape index (κ3) is 5.41. The molecule has 0 radical (unpaired) electrons. The van der Waals surface area contributed by atoms with Crippen LogP contribution in [0.1, 0.15) is 40.3 Å². The summed E-state index contributed by atoms with van der Waals surface area (Å²) in [6, 6.07) is 14.9. The largest absolute Gasteiger partial charge is 0.464 e. The van der Waals surface area contributed by atoms with Gasteiger partial charge in [0.15, 0.2) is 0 Å². The molecular weight excluding hydrogens is 414 g/mol. The second-order valence-electron chi connectivity index (χ2n) is 8.06. The molecule has 0 unspecified atom stereocenters. The summed E-state index contributed by atoms with van der Waals surface area (Å²) in [7, 11) is 0. The number of carbonyl (C=O) groups excluding carboxylic acids is 2. The molecule has 2 amide bonds. The van der Waals surface area contributed by atoms with E-state index in [1.165, 1.54) is 36.4 Å². The highest BCUT2D eigenvalue weighted by Gasteiger charge is 2.35. The lowest BCUT2D eigenvalue weighted by Gasteiger charge is -2.27. The Morgan fingerprint density at radius 1 is 0.906 bits per heavy atom. The van der Waals surface area contributed by atoms with Crippen molar-refractivity contribution in [2.75, 3.05) is 6.54 Å². The molecule has 1 saturated carbocycles. The standard InChI is InChI=1S/C25H24F2N2O3/c1-17-2-13-23(32-17)15-28(14-18-3-7-20(26)8-4-18)24(30)16-29(22-11-12-22)25(31)19-5-9-21(27)10-6-19/h2-10,13,22H,11-12,14-16H2,1H3. The summed E-state index contributed by atoms with van der Waals surface area (Å²) < 4.78 is 32.2. The molecule has 0 spiro atoms. The maximum absolute atomic E-state index is 13.3. The Hall–Kier alpha value is -3.48. The van der Waals surface area contributed by atoms with Crippen molar-refractivity contribution >= 4 is 11.8 Å². The van der Waals surface area contributed by atoms with Crippen LogP contribution in [-0.4, -0.2) is 34.2 Å². The van der Waals surface area contributed by atoms with Crippen LogP contribution >= 0.6 is 0 Å². The summed E-state index contributed by atoms with van der Waals surface area (Å²) in [5, 5.41) is 0. The van der Waals surface area contributed by atoms with Crippen molar-refractivity contribution in [2.45, 2.75) is 38.9 Å². The van der Waals surface area contributed by atoms with Gasteiger partial charge in [-0.2, -0.15) is 0 Å². The molecule has 0 aliphatic heterocycles. The molecule has 0 N–H and O–H groups in total. The van der Waals surface area contributed by atoms with E-state index >= 15 is 0 Å². The van der Waals surface area contributed by atoms with Crippen LogP contribution in [0.3, 0.4) is 0 Å². The zero-order valence-corrected chi connectivity index (χ0v) is 17.8. The Bertz CT molecular complexity index is 1090. The van der Waals surface area contributed by atoms with E-state index in [1.54, 1.807) is 21.9 Å². The second-order valence-corrected chi connectivity index (χ2v) is 8.06. The fraction of sp³-hybridized carbons (Fsp3) is 0.280. The molecular formula is C25H24F2N2O3. The van der Waals surface area contributed by atoms with Crippen molar-refractivity contribution < 1.29 is 22.8 Å². The van der Waals surface area contributed by atoms with E-state index in [0.29, 0.717) is 11.3 Å². The van der Waals surface area contributed by atoms with Gasteiger partial charge in [-0.25, -0.2) is 8.78 Å². The number of hydrogen-bond acceptors (Lipinski definition) is 3. The average Bonchev–Trinajstić information content (AvgIpc) is 3.54. The van der Waals surface area contributed by atoms with Crippen LogP contribution in [0.5, 0.6) is 0 Å². The van der Waals surface area contributed by atoms with Crippen LogP contribution < -0.4 is 0 Å². The predicted octanol–water partition coefficient (Wildman–Crippen LogP) is 4.70. The first kappa shape index (κ1) is 21.7. The van der Waals surface area contributed by atoms with Crippen molar-refractivity contribution in [3.8, 4) is 0 Å². The molecule has 32 heavy (non-hydrogen) atoms. The highest BCUT2D eigenvalue weighted by atomic mass is 19.1. The fourth-order valence-corrected chi connectivity index (χ4v) is 3.56. The monoisotopic (exact) mass is 438 g/mol. The number of amides is 2. The average molecular weight is 438 g/mol. The van der Waals surface area contributed by atoms with Gasteiger partial charge in [0.1, 0.15) is 29.7 Å². The minimum atomic E-state index is -0.421. The van der Waals surface area contributed by atoms with Crippen LogP contribution in [0.2, 0.25) is 0 Å². The Balaban J connectivity index is 1.53. The van der Waals surface area contributed by atoms with Gasteiger partial charge in [0.05, 0.1) is 6.54 Å². The molecule has 4 rings (SSSR count). The van der Waals surface area contributed by atoms with Crippen LogP contribution in [0.15, 0.2) is 65.1 Å². The third-order valence-corrected chi connectivity index (χ3v) is 5.43. The summed E-state index contributed by atoms with van der Waals surface area (Å²) >= 11 is 0. The number of nitrogens with zero attached hydrogens (tertiary/aromatic N) is 2. The molecule has 1 aliphatic rings. The quantitative estimate of drug-likeness (QED) is 0.512. The van der Waals surface area contributed by atoms with Gasteiger partial charge in [0.2, 0.25) is 5.91 Å². The number of furan rings is 1. The Labute approximate surface area is 185 Å². The maximum atomic E-state index is 13.3. The SMILES string of the molecule is Cc1ccc(CN(Cc2ccc(F)cc2)C(=O)CN(C(=O)c2ccc(F)cc2)C2CC2)o1. The predicted molar refractivity (Wildman–Crippen MR) is 115 cm³/mol. The van der Waals surface area contributed by atoms with Crippen LogP contribution in [0, 0.1) is 18.6 Å². The van der Waals surface area contributed by atoms with Crippen molar-refractivity contribution in [3.05, 3.63) is 94.9 Å². The molecule has 3 aromatic rings. The Morgan fingerprint density at radius 2 is 1.53 bits per heavy atom. The van der Waals surface area contributed by atoms with Gasteiger partial charge < -0.3 is 14.2 Å². The number of rotatable bonds is 8. The normalized spacial score (nSPS) is 13.1. The van der Waals surface area contributed by atoms with E-state index in [1.807, 2.05) is 19.1 Å². The molecule has 1 aromatic heterocycles. The summed E-state index contributed by atoms with van der Waals surface area (Å²) in [6.45, 7) is 2.21. The lowest BCUT2D eigenvalue weighted by atomic mass is 10.1. The first-order valence-electron chi connectivity index (χ1n) is 10.5. The van der Waals surface area contributed by atoms with Crippen molar-refractivity contribution in [1.82, 2.24) is 9.80 Å². The highest BCUT2D eigenvalue weighted by Crippen LogP contribution is 2.28. The zero-order chi connectivity index (χ0) is 22.7. The van der Waals surface area contributed by atoms with Crippen molar-refractivity contribution in [2.24, 2.45) is 0 Å². The summed E-state index contributed by atoms with van der Waals surface area (Å²) in [4.78, 5) is 29.5. The molecule has 0 saturated heterocycles.